The molecule has 0 aliphatic carbocycles. The minimum atomic E-state index is -0.160. The molecule has 0 aromatic heterocycles. The average Bonchev–Trinajstić information content (AvgIpc) is 2.71. The number of carbonyl (C=O) groups is 1. The van der Waals surface area contributed by atoms with E-state index in [0.29, 0.717) is 26.4 Å². The maximum absolute atomic E-state index is 12.0. The molecular formula is C23H30N2O3. The molecular weight excluding hydrogens is 352 g/mol. The lowest BCUT2D eigenvalue weighted by molar-refractivity contribution is -0.146. The second-order valence-corrected chi connectivity index (χ2v) is 7.15. The Balaban J connectivity index is 1.57. The molecule has 0 amide bonds. The lowest BCUT2D eigenvalue weighted by Gasteiger charge is -2.40. The van der Waals surface area contributed by atoms with Crippen LogP contribution in [0.2, 0.25) is 0 Å². The van der Waals surface area contributed by atoms with Gasteiger partial charge in [0.05, 0.1) is 26.4 Å². The Labute approximate surface area is 167 Å². The summed E-state index contributed by atoms with van der Waals surface area (Å²) in [5.41, 5.74) is 2.47. The SMILES string of the molecule is CCOC(=O)CN1CCN(Cc2ccccc2)C[C@@H]1COCc1ccccc1. The minimum absolute atomic E-state index is 0.160. The number of esters is 1. The second kappa shape index (κ2) is 11.0. The molecule has 0 saturated carbocycles. The quantitative estimate of drug-likeness (QED) is 0.624. The zero-order valence-corrected chi connectivity index (χ0v) is 16.6. The Morgan fingerprint density at radius 1 is 1.00 bits per heavy atom. The van der Waals surface area contributed by atoms with Crippen LogP contribution < -0.4 is 0 Å². The first kappa shape index (κ1) is 20.5. The molecule has 1 atom stereocenters. The van der Waals surface area contributed by atoms with E-state index in [9.17, 15) is 4.79 Å². The fourth-order valence-electron chi connectivity index (χ4n) is 3.57. The van der Waals surface area contributed by atoms with E-state index in [-0.39, 0.29) is 12.0 Å². The van der Waals surface area contributed by atoms with Gasteiger partial charge >= 0.3 is 5.97 Å². The van der Waals surface area contributed by atoms with E-state index < -0.39 is 0 Å². The molecule has 0 radical (unpaired) electrons. The van der Waals surface area contributed by atoms with Crippen molar-refractivity contribution in [3.63, 3.8) is 0 Å². The Morgan fingerprint density at radius 2 is 1.68 bits per heavy atom. The molecule has 1 aliphatic rings. The normalized spacial score (nSPS) is 18.1. The number of ether oxygens (including phenoxy) is 2. The van der Waals surface area contributed by atoms with Gasteiger partial charge in [0.2, 0.25) is 0 Å². The van der Waals surface area contributed by atoms with Crippen molar-refractivity contribution in [3.8, 4) is 0 Å². The van der Waals surface area contributed by atoms with Crippen molar-refractivity contribution in [2.45, 2.75) is 26.1 Å². The molecule has 28 heavy (non-hydrogen) atoms. The van der Waals surface area contributed by atoms with Gasteiger partial charge in [0.15, 0.2) is 0 Å². The van der Waals surface area contributed by atoms with Gasteiger partial charge in [0.1, 0.15) is 0 Å². The van der Waals surface area contributed by atoms with Crippen LogP contribution >= 0.6 is 0 Å². The molecule has 0 N–H and O–H groups in total. The third-order valence-electron chi connectivity index (χ3n) is 5.00. The Morgan fingerprint density at radius 3 is 2.36 bits per heavy atom. The summed E-state index contributed by atoms with van der Waals surface area (Å²) in [5, 5.41) is 0. The van der Waals surface area contributed by atoms with E-state index >= 15 is 0 Å². The highest BCUT2D eigenvalue weighted by Gasteiger charge is 2.29. The van der Waals surface area contributed by atoms with Gasteiger partial charge in [0, 0.05) is 32.2 Å². The molecule has 1 fully saturated rings. The van der Waals surface area contributed by atoms with Crippen molar-refractivity contribution < 1.29 is 14.3 Å². The molecule has 5 nitrogen and oxygen atoms in total. The maximum atomic E-state index is 12.0. The van der Waals surface area contributed by atoms with E-state index in [4.69, 9.17) is 9.47 Å². The van der Waals surface area contributed by atoms with Crippen LogP contribution in [0.3, 0.4) is 0 Å². The summed E-state index contributed by atoms with van der Waals surface area (Å²) in [7, 11) is 0. The molecule has 1 aliphatic heterocycles. The number of hydrogen-bond donors (Lipinski definition) is 0. The van der Waals surface area contributed by atoms with Crippen LogP contribution in [0.25, 0.3) is 0 Å². The van der Waals surface area contributed by atoms with Gasteiger partial charge in [-0.05, 0) is 18.1 Å². The first-order valence-corrected chi connectivity index (χ1v) is 10.0. The van der Waals surface area contributed by atoms with Crippen molar-refractivity contribution in [2.75, 3.05) is 39.4 Å². The highest BCUT2D eigenvalue weighted by atomic mass is 16.5. The van der Waals surface area contributed by atoms with Gasteiger partial charge in [-0.3, -0.25) is 14.6 Å². The zero-order chi connectivity index (χ0) is 19.6. The van der Waals surface area contributed by atoms with Crippen LogP contribution in [-0.4, -0.2) is 61.2 Å². The maximum Gasteiger partial charge on any atom is 0.320 e. The molecule has 3 rings (SSSR count). The number of hydrogen-bond acceptors (Lipinski definition) is 5. The molecule has 5 heteroatoms. The lowest BCUT2D eigenvalue weighted by atomic mass is 10.1. The van der Waals surface area contributed by atoms with Crippen molar-refractivity contribution in [2.24, 2.45) is 0 Å². The number of benzene rings is 2. The third-order valence-corrected chi connectivity index (χ3v) is 5.00. The molecule has 0 spiro atoms. The summed E-state index contributed by atoms with van der Waals surface area (Å²) in [4.78, 5) is 16.6. The predicted molar refractivity (Wildman–Crippen MR) is 110 cm³/mol. The zero-order valence-electron chi connectivity index (χ0n) is 16.6. The second-order valence-electron chi connectivity index (χ2n) is 7.15. The predicted octanol–water partition coefficient (Wildman–Crippen LogP) is 2.95. The third kappa shape index (κ3) is 6.44. The van der Waals surface area contributed by atoms with Gasteiger partial charge in [-0.25, -0.2) is 0 Å². The standard InChI is InChI=1S/C23H30N2O3/c1-2-28-23(26)17-25-14-13-24(15-20-9-5-3-6-10-20)16-22(25)19-27-18-21-11-7-4-8-12-21/h3-12,22H,2,13-19H2,1H3/t22-/m1/s1. The molecule has 2 aromatic rings. The van der Waals surface area contributed by atoms with E-state index in [1.165, 1.54) is 5.56 Å². The molecule has 0 unspecified atom stereocenters. The summed E-state index contributed by atoms with van der Waals surface area (Å²) in [6.07, 6.45) is 0. The van der Waals surface area contributed by atoms with Crippen molar-refractivity contribution in [3.05, 3.63) is 71.8 Å². The minimum Gasteiger partial charge on any atom is -0.465 e. The highest BCUT2D eigenvalue weighted by Crippen LogP contribution is 2.15. The van der Waals surface area contributed by atoms with Crippen LogP contribution in [0, 0.1) is 0 Å². The van der Waals surface area contributed by atoms with E-state index in [1.807, 2.05) is 31.2 Å². The number of piperazine rings is 1. The van der Waals surface area contributed by atoms with Gasteiger partial charge in [-0.1, -0.05) is 60.7 Å². The first-order valence-electron chi connectivity index (χ1n) is 10.0. The Bertz CT molecular complexity index is 708. The van der Waals surface area contributed by atoms with Crippen LogP contribution in [-0.2, 0) is 27.4 Å². The summed E-state index contributed by atoms with van der Waals surface area (Å²) in [6, 6.07) is 20.9. The van der Waals surface area contributed by atoms with Crippen molar-refractivity contribution >= 4 is 5.97 Å². The monoisotopic (exact) mass is 382 g/mol. The topological polar surface area (TPSA) is 42.0 Å². The number of carbonyl (C=O) groups excluding carboxylic acids is 1. The average molecular weight is 383 g/mol. The van der Waals surface area contributed by atoms with Crippen LogP contribution in [0.5, 0.6) is 0 Å². The molecule has 2 aromatic carbocycles. The Kier molecular flexibility index (Phi) is 8.03. The van der Waals surface area contributed by atoms with E-state index in [2.05, 4.69) is 46.2 Å². The number of rotatable bonds is 9. The molecule has 0 bridgehead atoms. The molecule has 1 heterocycles. The summed E-state index contributed by atoms with van der Waals surface area (Å²) >= 11 is 0. The molecule has 1 saturated heterocycles. The largest absolute Gasteiger partial charge is 0.465 e. The van der Waals surface area contributed by atoms with Crippen LogP contribution in [0.15, 0.2) is 60.7 Å². The summed E-state index contributed by atoms with van der Waals surface area (Å²) in [6.45, 7) is 7.34. The smallest absolute Gasteiger partial charge is 0.320 e. The van der Waals surface area contributed by atoms with E-state index in [1.54, 1.807) is 0 Å². The molecule has 150 valence electrons. The van der Waals surface area contributed by atoms with Crippen LogP contribution in [0.4, 0.5) is 0 Å². The fourth-order valence-corrected chi connectivity index (χ4v) is 3.57. The van der Waals surface area contributed by atoms with Gasteiger partial charge in [0.25, 0.3) is 0 Å². The van der Waals surface area contributed by atoms with E-state index in [0.717, 1.165) is 31.7 Å². The number of nitrogens with zero attached hydrogens (tertiary/aromatic N) is 2. The van der Waals surface area contributed by atoms with Gasteiger partial charge in [-0.15, -0.1) is 0 Å². The Hall–Kier alpha value is -2.21. The van der Waals surface area contributed by atoms with Crippen molar-refractivity contribution in [1.29, 1.82) is 0 Å². The first-order chi connectivity index (χ1) is 13.7. The fraction of sp³-hybridized carbons (Fsp3) is 0.435. The highest BCUT2D eigenvalue weighted by molar-refractivity contribution is 5.71. The summed E-state index contributed by atoms with van der Waals surface area (Å²) in [5.74, 6) is -0.160. The lowest BCUT2D eigenvalue weighted by Crippen LogP contribution is -2.55. The van der Waals surface area contributed by atoms with Crippen LogP contribution in [0.1, 0.15) is 18.1 Å². The summed E-state index contributed by atoms with van der Waals surface area (Å²) < 4.78 is 11.2. The van der Waals surface area contributed by atoms with Gasteiger partial charge < -0.3 is 9.47 Å². The van der Waals surface area contributed by atoms with Crippen molar-refractivity contribution in [1.82, 2.24) is 9.80 Å². The van der Waals surface area contributed by atoms with Gasteiger partial charge in [-0.2, -0.15) is 0 Å².